The third-order valence-electron chi connectivity index (χ3n) is 1.31. The van der Waals surface area contributed by atoms with E-state index in [0.717, 1.165) is 13.0 Å². The topological polar surface area (TPSA) is 52.5 Å². The van der Waals surface area contributed by atoms with Gasteiger partial charge in [-0.3, -0.25) is 0 Å². The quantitative estimate of drug-likeness (QED) is 0.374. The smallest absolute Gasteiger partial charge is 0.0894 e. The second kappa shape index (κ2) is 7.72. The molecule has 0 amide bonds. The molecule has 0 heterocycles. The first-order chi connectivity index (χ1) is 5.31. The van der Waals surface area contributed by atoms with Crippen molar-refractivity contribution in [2.45, 2.75) is 19.4 Å². The first kappa shape index (κ1) is 10.6. The molecule has 0 saturated carbocycles. The van der Waals surface area contributed by atoms with E-state index in [1.807, 2.05) is 13.0 Å². The molecule has 0 aliphatic heterocycles. The van der Waals surface area contributed by atoms with E-state index in [-0.39, 0.29) is 6.61 Å². The average Bonchev–Trinajstić information content (AvgIpc) is 2.04. The van der Waals surface area contributed by atoms with Crippen LogP contribution in [-0.2, 0) is 0 Å². The van der Waals surface area contributed by atoms with Crippen molar-refractivity contribution in [1.29, 1.82) is 0 Å². The molecule has 66 valence electrons. The summed E-state index contributed by atoms with van der Waals surface area (Å²) >= 11 is 0. The number of aliphatic hydroxyl groups excluding tert-OH is 2. The van der Waals surface area contributed by atoms with Gasteiger partial charge in [0.2, 0.25) is 0 Å². The Labute approximate surface area is 67.7 Å². The maximum absolute atomic E-state index is 8.88. The number of allylic oxidation sites excluding steroid dienone is 1. The largest absolute Gasteiger partial charge is 0.394 e. The highest BCUT2D eigenvalue weighted by Gasteiger charge is 1.98. The molecule has 0 bridgehead atoms. The van der Waals surface area contributed by atoms with Gasteiger partial charge in [-0.05, 0) is 19.9 Å². The monoisotopic (exact) mass is 159 g/mol. The molecule has 3 nitrogen and oxygen atoms in total. The Morgan fingerprint density at radius 3 is 2.82 bits per heavy atom. The van der Waals surface area contributed by atoms with E-state index in [9.17, 15) is 0 Å². The average molecular weight is 159 g/mol. The van der Waals surface area contributed by atoms with Crippen LogP contribution >= 0.6 is 0 Å². The van der Waals surface area contributed by atoms with E-state index in [1.54, 1.807) is 0 Å². The minimum absolute atomic E-state index is 0.170. The van der Waals surface area contributed by atoms with Crippen LogP contribution in [0.4, 0.5) is 0 Å². The summed E-state index contributed by atoms with van der Waals surface area (Å²) in [5, 5.41) is 20.3. The number of hydrogen-bond donors (Lipinski definition) is 3. The Hall–Kier alpha value is -0.380. The molecule has 0 aromatic carbocycles. The van der Waals surface area contributed by atoms with Crippen molar-refractivity contribution < 1.29 is 10.2 Å². The van der Waals surface area contributed by atoms with E-state index < -0.39 is 6.10 Å². The molecule has 0 spiro atoms. The highest BCUT2D eigenvalue weighted by atomic mass is 16.3. The first-order valence-electron chi connectivity index (χ1n) is 3.92. The lowest BCUT2D eigenvalue weighted by molar-refractivity contribution is 0.0947. The maximum atomic E-state index is 8.88. The van der Waals surface area contributed by atoms with Crippen LogP contribution in [0.1, 0.15) is 13.3 Å². The zero-order chi connectivity index (χ0) is 8.53. The lowest BCUT2D eigenvalue weighted by Crippen LogP contribution is -2.29. The van der Waals surface area contributed by atoms with E-state index >= 15 is 0 Å². The summed E-state index contributed by atoms with van der Waals surface area (Å²) < 4.78 is 0. The van der Waals surface area contributed by atoms with Gasteiger partial charge in [-0.15, -0.1) is 0 Å². The van der Waals surface area contributed by atoms with Crippen molar-refractivity contribution in [1.82, 2.24) is 5.32 Å². The van der Waals surface area contributed by atoms with Gasteiger partial charge in [0.15, 0.2) is 0 Å². The lowest BCUT2D eigenvalue weighted by Gasteiger charge is -2.06. The van der Waals surface area contributed by atoms with Crippen LogP contribution in [-0.4, -0.2) is 36.0 Å². The van der Waals surface area contributed by atoms with Crippen molar-refractivity contribution in [2.75, 3.05) is 19.7 Å². The molecule has 0 radical (unpaired) electrons. The maximum Gasteiger partial charge on any atom is 0.0894 e. The second-order valence-electron chi connectivity index (χ2n) is 2.40. The van der Waals surface area contributed by atoms with Crippen molar-refractivity contribution in [3.63, 3.8) is 0 Å². The Kier molecular flexibility index (Phi) is 7.46. The Bertz CT molecular complexity index is 104. The number of nitrogens with one attached hydrogen (secondary N) is 1. The normalized spacial score (nSPS) is 14.1. The van der Waals surface area contributed by atoms with Gasteiger partial charge in [-0.25, -0.2) is 0 Å². The molecule has 3 heteroatoms. The highest BCUT2D eigenvalue weighted by molar-refractivity contribution is 4.77. The fraction of sp³-hybridized carbons (Fsp3) is 0.750. The van der Waals surface area contributed by atoms with Crippen molar-refractivity contribution in [3.8, 4) is 0 Å². The van der Waals surface area contributed by atoms with Gasteiger partial charge in [0, 0.05) is 6.54 Å². The molecule has 3 N–H and O–H groups in total. The minimum Gasteiger partial charge on any atom is -0.394 e. The van der Waals surface area contributed by atoms with Gasteiger partial charge in [0.25, 0.3) is 0 Å². The van der Waals surface area contributed by atoms with Crippen LogP contribution in [0.25, 0.3) is 0 Å². The van der Waals surface area contributed by atoms with Crippen LogP contribution in [0.5, 0.6) is 0 Å². The van der Waals surface area contributed by atoms with Gasteiger partial charge in [0.1, 0.15) is 0 Å². The van der Waals surface area contributed by atoms with Crippen LogP contribution in [0, 0.1) is 0 Å². The molecule has 1 atom stereocenters. The number of rotatable bonds is 6. The summed E-state index contributed by atoms with van der Waals surface area (Å²) in [6, 6.07) is 0. The fourth-order valence-corrected chi connectivity index (χ4v) is 0.685. The first-order valence-corrected chi connectivity index (χ1v) is 3.92. The Morgan fingerprint density at radius 2 is 2.27 bits per heavy atom. The van der Waals surface area contributed by atoms with Crippen LogP contribution in [0.15, 0.2) is 12.2 Å². The summed E-state index contributed by atoms with van der Waals surface area (Å²) in [7, 11) is 0. The molecule has 0 aliphatic rings. The van der Waals surface area contributed by atoms with Crippen LogP contribution in [0.3, 0.4) is 0 Å². The molecule has 0 aromatic rings. The summed E-state index contributed by atoms with van der Waals surface area (Å²) in [5.74, 6) is 0. The van der Waals surface area contributed by atoms with Gasteiger partial charge in [0.05, 0.1) is 12.7 Å². The van der Waals surface area contributed by atoms with Crippen LogP contribution in [0.2, 0.25) is 0 Å². The Balaban J connectivity index is 3.01. The fourth-order valence-electron chi connectivity index (χ4n) is 0.685. The van der Waals surface area contributed by atoms with Crippen molar-refractivity contribution >= 4 is 0 Å². The second-order valence-corrected chi connectivity index (χ2v) is 2.40. The Morgan fingerprint density at radius 1 is 1.55 bits per heavy atom. The van der Waals surface area contributed by atoms with Crippen molar-refractivity contribution in [2.24, 2.45) is 0 Å². The number of aliphatic hydroxyl groups is 2. The molecule has 0 aromatic heterocycles. The summed E-state index contributed by atoms with van der Waals surface area (Å²) in [6.45, 7) is 3.12. The summed E-state index contributed by atoms with van der Waals surface area (Å²) in [6.07, 6.45) is 4.39. The van der Waals surface area contributed by atoms with Gasteiger partial charge < -0.3 is 15.5 Å². The molecule has 0 fully saturated rings. The lowest BCUT2D eigenvalue weighted by atomic mass is 10.3. The number of hydrogen-bond acceptors (Lipinski definition) is 3. The molecular formula is C8H17NO2. The molecule has 0 rings (SSSR count). The van der Waals surface area contributed by atoms with E-state index in [2.05, 4.69) is 11.4 Å². The predicted molar refractivity (Wildman–Crippen MR) is 45.4 cm³/mol. The van der Waals surface area contributed by atoms with Gasteiger partial charge >= 0.3 is 0 Å². The van der Waals surface area contributed by atoms with Gasteiger partial charge in [-0.1, -0.05) is 12.2 Å². The third-order valence-corrected chi connectivity index (χ3v) is 1.31. The van der Waals surface area contributed by atoms with Crippen molar-refractivity contribution in [3.05, 3.63) is 12.2 Å². The SMILES string of the molecule is C/C=C/CCNCC(O)CO. The minimum atomic E-state index is -0.624. The molecular weight excluding hydrogens is 142 g/mol. The zero-order valence-electron chi connectivity index (χ0n) is 6.95. The highest BCUT2D eigenvalue weighted by Crippen LogP contribution is 1.81. The summed E-state index contributed by atoms with van der Waals surface area (Å²) in [4.78, 5) is 0. The van der Waals surface area contributed by atoms with E-state index in [4.69, 9.17) is 10.2 Å². The predicted octanol–water partition coefficient (Wildman–Crippen LogP) is -0.105. The van der Waals surface area contributed by atoms with E-state index in [0.29, 0.717) is 6.54 Å². The zero-order valence-corrected chi connectivity index (χ0v) is 6.95. The van der Waals surface area contributed by atoms with Crippen LogP contribution < -0.4 is 5.32 Å². The molecule has 1 unspecified atom stereocenters. The molecule has 0 saturated heterocycles. The summed E-state index contributed by atoms with van der Waals surface area (Å²) in [5.41, 5.74) is 0. The van der Waals surface area contributed by atoms with E-state index in [1.165, 1.54) is 0 Å². The standard InChI is InChI=1S/C8H17NO2/c1-2-3-4-5-9-6-8(11)7-10/h2-3,8-11H,4-7H2,1H3/b3-2+. The van der Waals surface area contributed by atoms with Gasteiger partial charge in [-0.2, -0.15) is 0 Å². The molecule has 11 heavy (non-hydrogen) atoms. The molecule has 0 aliphatic carbocycles. The third kappa shape index (κ3) is 7.52.